The van der Waals surface area contributed by atoms with E-state index in [-0.39, 0.29) is 17.3 Å². The first-order chi connectivity index (χ1) is 11.3. The number of Topliss-reactive ketones (excluding diaryl/α,β-unsaturated/α-hetero) is 1. The van der Waals surface area contributed by atoms with Crippen LogP contribution in [0.15, 0.2) is 16.3 Å². The number of carbonyl (C=O) groups is 1. The Morgan fingerprint density at radius 3 is 2.42 bits per heavy atom. The van der Waals surface area contributed by atoms with Crippen molar-refractivity contribution in [2.45, 2.75) is 59.0 Å². The third kappa shape index (κ3) is 2.64. The molecule has 24 heavy (non-hydrogen) atoms. The van der Waals surface area contributed by atoms with Crippen molar-refractivity contribution in [3.8, 4) is 0 Å². The number of halogens is 1. The lowest BCUT2D eigenvalue weighted by Crippen LogP contribution is -2.31. The normalized spacial score (nSPS) is 27.4. The van der Waals surface area contributed by atoms with Crippen LogP contribution >= 0.6 is 15.9 Å². The van der Waals surface area contributed by atoms with E-state index in [1.165, 1.54) is 0 Å². The fraction of sp³-hybridized carbons (Fsp3) is 0.550. The van der Waals surface area contributed by atoms with E-state index in [2.05, 4.69) is 22.0 Å². The Morgan fingerprint density at radius 1 is 1.21 bits per heavy atom. The van der Waals surface area contributed by atoms with Gasteiger partial charge in [-0.15, -0.1) is 0 Å². The van der Waals surface area contributed by atoms with Gasteiger partial charge in [0.25, 0.3) is 0 Å². The summed E-state index contributed by atoms with van der Waals surface area (Å²) in [6.07, 6.45) is 4.11. The average Bonchev–Trinajstić information content (AvgIpc) is 2.78. The molecular formula is C20H25BrO3. The Bertz CT molecular complexity index is 725. The SMILES string of the molecule is COC1CCC2(CC1)CC(=O)C(c1c(C)cc(C)c(Br)c1C)=C2O. The molecule has 2 aliphatic carbocycles. The number of rotatable bonds is 2. The number of methoxy groups -OCH3 is 1. The Kier molecular flexibility index (Phi) is 4.65. The summed E-state index contributed by atoms with van der Waals surface area (Å²) in [4.78, 5) is 12.8. The molecule has 0 amide bonds. The largest absolute Gasteiger partial charge is 0.511 e. The van der Waals surface area contributed by atoms with E-state index in [1.807, 2.05) is 20.8 Å². The summed E-state index contributed by atoms with van der Waals surface area (Å²) in [5.74, 6) is 0.384. The second kappa shape index (κ2) is 6.30. The minimum atomic E-state index is -0.377. The maximum absolute atomic E-state index is 12.8. The van der Waals surface area contributed by atoms with Crippen molar-refractivity contribution < 1.29 is 14.6 Å². The van der Waals surface area contributed by atoms with Crippen LogP contribution in [0.3, 0.4) is 0 Å². The van der Waals surface area contributed by atoms with Gasteiger partial charge in [0.1, 0.15) is 5.76 Å². The van der Waals surface area contributed by atoms with E-state index < -0.39 is 0 Å². The molecule has 2 aliphatic rings. The van der Waals surface area contributed by atoms with Crippen LogP contribution in [0.5, 0.6) is 0 Å². The van der Waals surface area contributed by atoms with Crippen LogP contribution in [0.2, 0.25) is 0 Å². The highest BCUT2D eigenvalue weighted by molar-refractivity contribution is 9.10. The molecule has 1 aromatic rings. The average molecular weight is 393 g/mol. The lowest BCUT2D eigenvalue weighted by Gasteiger charge is -2.36. The number of hydrogen-bond acceptors (Lipinski definition) is 3. The lowest BCUT2D eigenvalue weighted by atomic mass is 9.71. The number of benzene rings is 1. The minimum absolute atomic E-state index is 0.0744. The Labute approximate surface area is 152 Å². The Morgan fingerprint density at radius 2 is 1.83 bits per heavy atom. The maximum Gasteiger partial charge on any atom is 0.167 e. The van der Waals surface area contributed by atoms with Crippen LogP contribution in [-0.2, 0) is 9.53 Å². The molecule has 1 aromatic carbocycles. The smallest absolute Gasteiger partial charge is 0.167 e. The molecule has 0 aromatic heterocycles. The first kappa shape index (κ1) is 17.7. The van der Waals surface area contributed by atoms with Crippen LogP contribution in [0.1, 0.15) is 54.4 Å². The van der Waals surface area contributed by atoms with E-state index in [0.717, 1.165) is 52.4 Å². The molecule has 0 heterocycles. The van der Waals surface area contributed by atoms with Crippen LogP contribution in [0.4, 0.5) is 0 Å². The van der Waals surface area contributed by atoms with Crippen LogP contribution in [0.25, 0.3) is 5.57 Å². The summed E-state index contributed by atoms with van der Waals surface area (Å²) in [7, 11) is 1.74. The number of ketones is 1. The monoisotopic (exact) mass is 392 g/mol. The van der Waals surface area contributed by atoms with E-state index in [0.29, 0.717) is 17.8 Å². The molecule has 130 valence electrons. The molecule has 0 atom stereocenters. The number of ether oxygens (including phenoxy) is 1. The maximum atomic E-state index is 12.8. The molecule has 0 unspecified atom stereocenters. The lowest BCUT2D eigenvalue weighted by molar-refractivity contribution is -0.115. The molecule has 1 fully saturated rings. The van der Waals surface area contributed by atoms with Crippen molar-refractivity contribution in [3.05, 3.63) is 38.6 Å². The third-order valence-electron chi connectivity index (χ3n) is 5.87. The summed E-state index contributed by atoms with van der Waals surface area (Å²) in [6.45, 7) is 6.08. The number of allylic oxidation sites excluding steroid dienone is 2. The Balaban J connectivity index is 2.09. The standard InChI is InChI=1S/C20H25BrO3/c1-11-9-12(2)18(21)13(3)16(11)17-15(22)10-20(19(17)23)7-5-14(24-4)6-8-20/h9,14,23H,5-8,10H2,1-4H3. The van der Waals surface area contributed by atoms with Gasteiger partial charge in [0.15, 0.2) is 5.78 Å². The minimum Gasteiger partial charge on any atom is -0.511 e. The quantitative estimate of drug-likeness (QED) is 0.752. The highest BCUT2D eigenvalue weighted by atomic mass is 79.9. The zero-order valence-electron chi connectivity index (χ0n) is 14.8. The van der Waals surface area contributed by atoms with Gasteiger partial charge in [-0.1, -0.05) is 22.0 Å². The molecule has 1 saturated carbocycles. The molecule has 4 heteroatoms. The zero-order valence-corrected chi connectivity index (χ0v) is 16.4. The number of carbonyl (C=O) groups excluding carboxylic acids is 1. The van der Waals surface area contributed by atoms with Crippen molar-refractivity contribution >= 4 is 27.3 Å². The van der Waals surface area contributed by atoms with Crippen LogP contribution < -0.4 is 0 Å². The summed E-state index contributed by atoms with van der Waals surface area (Å²) in [5, 5.41) is 11.1. The van der Waals surface area contributed by atoms with Gasteiger partial charge in [0, 0.05) is 23.4 Å². The summed E-state index contributed by atoms with van der Waals surface area (Å²) >= 11 is 3.62. The molecule has 1 N–H and O–H groups in total. The first-order valence-electron chi connectivity index (χ1n) is 8.57. The van der Waals surface area contributed by atoms with Gasteiger partial charge in [-0.05, 0) is 68.7 Å². The van der Waals surface area contributed by atoms with E-state index >= 15 is 0 Å². The molecule has 0 bridgehead atoms. The molecule has 1 spiro atoms. The van der Waals surface area contributed by atoms with Gasteiger partial charge in [0.2, 0.25) is 0 Å². The molecule has 3 rings (SSSR count). The van der Waals surface area contributed by atoms with Gasteiger partial charge >= 0.3 is 0 Å². The number of aryl methyl sites for hydroxylation is 2. The zero-order chi connectivity index (χ0) is 17.6. The van der Waals surface area contributed by atoms with Gasteiger partial charge in [-0.25, -0.2) is 0 Å². The molecule has 0 aliphatic heterocycles. The summed E-state index contributed by atoms with van der Waals surface area (Å²) < 4.78 is 6.46. The molecule has 0 radical (unpaired) electrons. The predicted molar refractivity (Wildman–Crippen MR) is 99.2 cm³/mol. The van der Waals surface area contributed by atoms with Crippen molar-refractivity contribution in [2.75, 3.05) is 7.11 Å². The van der Waals surface area contributed by atoms with Gasteiger partial charge in [-0.2, -0.15) is 0 Å². The summed E-state index contributed by atoms with van der Waals surface area (Å²) in [5.41, 5.74) is 4.30. The summed E-state index contributed by atoms with van der Waals surface area (Å²) in [6, 6.07) is 2.08. The van der Waals surface area contributed by atoms with Crippen LogP contribution in [-0.4, -0.2) is 24.1 Å². The van der Waals surface area contributed by atoms with E-state index in [9.17, 15) is 9.90 Å². The Hall–Kier alpha value is -1.13. The third-order valence-corrected chi connectivity index (χ3v) is 7.09. The molecular weight excluding hydrogens is 368 g/mol. The molecule has 0 saturated heterocycles. The molecule has 3 nitrogen and oxygen atoms in total. The van der Waals surface area contributed by atoms with Crippen molar-refractivity contribution in [3.63, 3.8) is 0 Å². The van der Waals surface area contributed by atoms with E-state index in [4.69, 9.17) is 4.74 Å². The highest BCUT2D eigenvalue weighted by Gasteiger charge is 2.48. The topological polar surface area (TPSA) is 46.5 Å². The fourth-order valence-electron chi connectivity index (χ4n) is 4.47. The van der Waals surface area contributed by atoms with Crippen molar-refractivity contribution in [1.29, 1.82) is 0 Å². The van der Waals surface area contributed by atoms with Gasteiger partial charge in [0.05, 0.1) is 11.7 Å². The van der Waals surface area contributed by atoms with Crippen LogP contribution in [0, 0.1) is 26.2 Å². The first-order valence-corrected chi connectivity index (χ1v) is 9.36. The van der Waals surface area contributed by atoms with E-state index in [1.54, 1.807) is 7.11 Å². The number of hydrogen-bond donors (Lipinski definition) is 1. The fourth-order valence-corrected chi connectivity index (χ4v) is 4.79. The predicted octanol–water partition coefficient (Wildman–Crippen LogP) is 5.19. The number of aliphatic hydroxyl groups is 1. The second-order valence-electron chi connectivity index (χ2n) is 7.36. The highest BCUT2D eigenvalue weighted by Crippen LogP contribution is 2.53. The van der Waals surface area contributed by atoms with Crippen molar-refractivity contribution in [1.82, 2.24) is 0 Å². The van der Waals surface area contributed by atoms with Gasteiger partial charge in [-0.3, -0.25) is 4.79 Å². The van der Waals surface area contributed by atoms with Gasteiger partial charge < -0.3 is 9.84 Å². The van der Waals surface area contributed by atoms with Crippen molar-refractivity contribution in [2.24, 2.45) is 5.41 Å². The second-order valence-corrected chi connectivity index (χ2v) is 8.16. The number of aliphatic hydroxyl groups excluding tert-OH is 1.